The van der Waals surface area contributed by atoms with E-state index in [0.717, 1.165) is 22.4 Å². The molecule has 0 fully saturated rings. The van der Waals surface area contributed by atoms with Crippen LogP contribution in [0.25, 0.3) is 5.70 Å². The Hall–Kier alpha value is -0.176. The van der Waals surface area contributed by atoms with Crippen molar-refractivity contribution in [2.75, 3.05) is 6.54 Å². The van der Waals surface area contributed by atoms with Crippen LogP contribution in [-0.4, -0.2) is 11.4 Å². The molecule has 1 aliphatic rings. The molecule has 0 aromatic heterocycles. The molecule has 0 spiro atoms. The van der Waals surface area contributed by atoms with Crippen molar-refractivity contribution in [3.05, 3.63) is 64.3 Å². The first kappa shape index (κ1) is 15.9. The van der Waals surface area contributed by atoms with Gasteiger partial charge in [-0.25, -0.2) is 0 Å². The maximum atomic E-state index is 4.09. The number of rotatable bonds is 2. The van der Waals surface area contributed by atoms with E-state index in [4.69, 9.17) is 0 Å². The van der Waals surface area contributed by atoms with E-state index in [-0.39, 0.29) is 32.7 Å². The smallest absolute Gasteiger partial charge is 0.0169 e. The third-order valence-corrected chi connectivity index (χ3v) is 3.53. The molecule has 91 valence electrons. The first-order valence-electron chi connectivity index (χ1n) is 5.66. The Morgan fingerprint density at radius 2 is 1.89 bits per heavy atom. The van der Waals surface area contributed by atoms with E-state index in [1.165, 1.54) is 11.1 Å². The Kier molecular flexibility index (Phi) is 6.03. The van der Waals surface area contributed by atoms with Crippen LogP contribution in [-0.2, 0) is 32.7 Å². The predicted octanol–water partition coefficient (Wildman–Crippen LogP) is 4.26. The predicted molar refractivity (Wildman–Crippen MR) is 76.4 cm³/mol. The van der Waals surface area contributed by atoms with Gasteiger partial charge in [-0.2, -0.15) is 12.2 Å². The van der Waals surface area contributed by atoms with Gasteiger partial charge in [0, 0.05) is 39.3 Å². The standard InChI is InChI=1S/C15H15BrN.Y/c1-4-17-12(3)14(16)9-10-15(17)13-7-5-11(2)6-8-13;/h5-9H,3-4H2,1-2H3;/q-1;. The molecule has 1 heterocycles. The van der Waals surface area contributed by atoms with Crippen LogP contribution in [0, 0.1) is 13.0 Å². The SMILES string of the molecule is C=C1C(Br)=C[C-]=C(c2ccc(C)cc2)N1CC.[Y]. The van der Waals surface area contributed by atoms with Gasteiger partial charge in [0.05, 0.1) is 0 Å². The summed E-state index contributed by atoms with van der Waals surface area (Å²) in [7, 11) is 0. The quantitative estimate of drug-likeness (QED) is 0.696. The number of allylic oxidation sites excluding steroid dienone is 3. The first-order valence-corrected chi connectivity index (χ1v) is 6.45. The molecule has 0 atom stereocenters. The number of likely N-dealkylation sites (N-methyl/N-ethyl adjacent to an activating group) is 1. The molecular weight excluding hydrogens is 363 g/mol. The van der Waals surface area contributed by atoms with E-state index < -0.39 is 0 Å². The Morgan fingerprint density at radius 1 is 1.28 bits per heavy atom. The van der Waals surface area contributed by atoms with Crippen LogP contribution in [0.15, 0.2) is 47.1 Å². The summed E-state index contributed by atoms with van der Waals surface area (Å²) in [5.74, 6) is 0. The fourth-order valence-electron chi connectivity index (χ4n) is 1.86. The summed E-state index contributed by atoms with van der Waals surface area (Å²) in [6.45, 7) is 9.19. The second-order valence-electron chi connectivity index (χ2n) is 4.04. The number of benzene rings is 1. The van der Waals surface area contributed by atoms with Crippen molar-refractivity contribution in [2.45, 2.75) is 13.8 Å². The van der Waals surface area contributed by atoms with Crippen LogP contribution in [0.2, 0.25) is 0 Å². The summed E-state index contributed by atoms with van der Waals surface area (Å²) in [4.78, 5) is 2.16. The first-order chi connectivity index (χ1) is 8.13. The second kappa shape index (κ2) is 6.84. The molecule has 1 aromatic carbocycles. The van der Waals surface area contributed by atoms with Gasteiger partial charge in [-0.15, -0.1) is 28.1 Å². The van der Waals surface area contributed by atoms with Gasteiger partial charge in [0.1, 0.15) is 0 Å². The zero-order valence-corrected chi connectivity index (χ0v) is 15.1. The largest absolute Gasteiger partial charge is 0.375 e. The molecule has 0 N–H and O–H groups in total. The summed E-state index contributed by atoms with van der Waals surface area (Å²) < 4.78 is 0.996. The summed E-state index contributed by atoms with van der Waals surface area (Å²) >= 11 is 3.49. The molecule has 1 radical (unpaired) electrons. The minimum Gasteiger partial charge on any atom is -0.375 e. The fourth-order valence-corrected chi connectivity index (χ4v) is 2.18. The van der Waals surface area contributed by atoms with Crippen molar-refractivity contribution in [1.29, 1.82) is 0 Å². The van der Waals surface area contributed by atoms with E-state index >= 15 is 0 Å². The number of hydrogen-bond donors (Lipinski definition) is 0. The molecule has 1 aromatic rings. The fraction of sp³-hybridized carbons (Fsp3) is 0.200. The van der Waals surface area contributed by atoms with Crippen LogP contribution in [0.3, 0.4) is 0 Å². The molecule has 18 heavy (non-hydrogen) atoms. The van der Waals surface area contributed by atoms with Crippen LogP contribution in [0.5, 0.6) is 0 Å². The average molecular weight is 378 g/mol. The van der Waals surface area contributed by atoms with Crippen molar-refractivity contribution in [2.24, 2.45) is 0 Å². The Balaban J connectivity index is 0.00000162. The van der Waals surface area contributed by atoms with Crippen molar-refractivity contribution in [1.82, 2.24) is 4.90 Å². The third kappa shape index (κ3) is 3.23. The minimum absolute atomic E-state index is 0. The molecule has 3 heteroatoms. The van der Waals surface area contributed by atoms with Gasteiger partial charge in [0.2, 0.25) is 0 Å². The van der Waals surface area contributed by atoms with Gasteiger partial charge >= 0.3 is 0 Å². The van der Waals surface area contributed by atoms with Gasteiger partial charge in [-0.1, -0.05) is 40.0 Å². The summed E-state index contributed by atoms with van der Waals surface area (Å²) in [6.07, 6.45) is 5.24. The topological polar surface area (TPSA) is 3.24 Å². The van der Waals surface area contributed by atoms with E-state index in [1.807, 2.05) is 6.08 Å². The molecule has 0 unspecified atom stereocenters. The molecule has 0 aliphatic carbocycles. The van der Waals surface area contributed by atoms with Crippen molar-refractivity contribution < 1.29 is 32.7 Å². The molecule has 2 rings (SSSR count). The number of hydrogen-bond acceptors (Lipinski definition) is 1. The maximum Gasteiger partial charge on any atom is 0.0169 e. The zero-order chi connectivity index (χ0) is 12.4. The molecule has 0 bridgehead atoms. The molecular formula is C15H15BrNY-. The Morgan fingerprint density at radius 3 is 2.44 bits per heavy atom. The third-order valence-electron chi connectivity index (χ3n) is 2.85. The van der Waals surface area contributed by atoms with Gasteiger partial charge in [-0.05, 0) is 19.5 Å². The average Bonchev–Trinajstić information content (AvgIpc) is 2.34. The van der Waals surface area contributed by atoms with Crippen LogP contribution < -0.4 is 0 Å². The number of nitrogens with zero attached hydrogens (tertiary/aromatic N) is 1. The van der Waals surface area contributed by atoms with Crippen molar-refractivity contribution in [3.8, 4) is 0 Å². The summed E-state index contributed by atoms with van der Waals surface area (Å²) in [5.41, 5.74) is 4.51. The maximum absolute atomic E-state index is 4.09. The van der Waals surface area contributed by atoms with E-state index in [1.54, 1.807) is 0 Å². The van der Waals surface area contributed by atoms with Crippen molar-refractivity contribution >= 4 is 21.6 Å². The molecule has 0 saturated heterocycles. The molecule has 0 saturated carbocycles. The van der Waals surface area contributed by atoms with Gasteiger partial charge in [0.25, 0.3) is 0 Å². The van der Waals surface area contributed by atoms with Crippen LogP contribution in [0.1, 0.15) is 18.1 Å². The van der Waals surface area contributed by atoms with Gasteiger partial charge in [0.15, 0.2) is 0 Å². The Labute approximate surface area is 143 Å². The minimum atomic E-state index is 0. The van der Waals surface area contributed by atoms with E-state index in [9.17, 15) is 0 Å². The second-order valence-corrected chi connectivity index (χ2v) is 4.90. The van der Waals surface area contributed by atoms with Crippen molar-refractivity contribution in [3.63, 3.8) is 0 Å². The number of aryl methyl sites for hydroxylation is 1. The molecule has 1 nitrogen and oxygen atoms in total. The monoisotopic (exact) mass is 377 g/mol. The van der Waals surface area contributed by atoms with Crippen LogP contribution >= 0.6 is 15.9 Å². The number of halogens is 1. The molecule has 0 amide bonds. The van der Waals surface area contributed by atoms with Gasteiger partial charge < -0.3 is 4.90 Å². The van der Waals surface area contributed by atoms with E-state index in [2.05, 4.69) is 71.6 Å². The Bertz CT molecular complexity index is 500. The zero-order valence-electron chi connectivity index (χ0n) is 10.7. The normalized spacial score (nSPS) is 14.8. The van der Waals surface area contributed by atoms with Crippen LogP contribution in [0.4, 0.5) is 0 Å². The summed E-state index contributed by atoms with van der Waals surface area (Å²) in [5, 5.41) is 0. The summed E-state index contributed by atoms with van der Waals surface area (Å²) in [6, 6.07) is 8.49. The molecule has 1 aliphatic heterocycles. The van der Waals surface area contributed by atoms with Gasteiger partial charge in [-0.3, -0.25) is 0 Å². The van der Waals surface area contributed by atoms with E-state index in [0.29, 0.717) is 0 Å².